The van der Waals surface area contributed by atoms with E-state index in [1.165, 1.54) is 0 Å². The molecule has 0 spiro atoms. The minimum atomic E-state index is -0.659. The Morgan fingerprint density at radius 3 is 2.76 bits per heavy atom. The molecule has 2 atom stereocenters. The lowest BCUT2D eigenvalue weighted by Gasteiger charge is -2.34. The van der Waals surface area contributed by atoms with Crippen LogP contribution in [0.4, 0.5) is 0 Å². The van der Waals surface area contributed by atoms with E-state index >= 15 is 0 Å². The molecular formula is C16H28N4O. The average molecular weight is 292 g/mol. The number of likely N-dealkylation sites (N-methyl/N-ethyl adjacent to an activating group) is 2. The number of rotatable bonds is 9. The van der Waals surface area contributed by atoms with E-state index in [9.17, 15) is 4.79 Å². The van der Waals surface area contributed by atoms with Gasteiger partial charge in [0.25, 0.3) is 0 Å². The van der Waals surface area contributed by atoms with Gasteiger partial charge in [0.1, 0.15) is 0 Å². The molecule has 118 valence electrons. The second-order valence-corrected chi connectivity index (χ2v) is 5.83. The van der Waals surface area contributed by atoms with E-state index in [0.29, 0.717) is 6.42 Å². The molecule has 1 amide bonds. The second-order valence-electron chi connectivity index (χ2n) is 5.83. The minimum Gasteiger partial charge on any atom is -0.368 e. The summed E-state index contributed by atoms with van der Waals surface area (Å²) in [5.41, 5.74) is 5.97. The lowest BCUT2D eigenvalue weighted by atomic mass is 9.92. The van der Waals surface area contributed by atoms with Crippen LogP contribution in [-0.2, 0) is 11.2 Å². The van der Waals surface area contributed by atoms with E-state index in [4.69, 9.17) is 5.73 Å². The molecular weight excluding hydrogens is 264 g/mol. The minimum absolute atomic E-state index is 0.255. The molecule has 0 aliphatic heterocycles. The lowest BCUT2D eigenvalue weighted by Crippen LogP contribution is -2.56. The number of hydrogen-bond acceptors (Lipinski definition) is 4. The van der Waals surface area contributed by atoms with E-state index in [2.05, 4.69) is 29.2 Å². The highest BCUT2D eigenvalue weighted by Gasteiger charge is 2.32. The van der Waals surface area contributed by atoms with Gasteiger partial charge in [-0.05, 0) is 46.0 Å². The van der Waals surface area contributed by atoms with E-state index in [1.54, 1.807) is 0 Å². The molecule has 0 saturated heterocycles. The Morgan fingerprint density at radius 1 is 1.52 bits per heavy atom. The summed E-state index contributed by atoms with van der Waals surface area (Å²) in [7, 11) is 2.07. The Hall–Kier alpha value is -1.46. The Bertz CT molecular complexity index is 437. The lowest BCUT2D eigenvalue weighted by molar-refractivity contribution is -0.124. The highest BCUT2D eigenvalue weighted by molar-refractivity contribution is 5.84. The molecule has 0 aliphatic carbocycles. The quantitative estimate of drug-likeness (QED) is 0.717. The maximum atomic E-state index is 11.7. The Kier molecular flexibility index (Phi) is 6.78. The predicted molar refractivity (Wildman–Crippen MR) is 85.9 cm³/mol. The summed E-state index contributed by atoms with van der Waals surface area (Å²) in [6, 6.07) is 6.21. The maximum absolute atomic E-state index is 11.7. The topological polar surface area (TPSA) is 71.2 Å². The first-order valence-electron chi connectivity index (χ1n) is 7.54. The van der Waals surface area contributed by atoms with Crippen LogP contribution in [0.25, 0.3) is 0 Å². The Balaban J connectivity index is 2.53. The summed E-state index contributed by atoms with van der Waals surface area (Å²) < 4.78 is 0. The summed E-state index contributed by atoms with van der Waals surface area (Å²) in [5, 5.41) is 3.20. The van der Waals surface area contributed by atoms with Gasteiger partial charge in [-0.25, -0.2) is 0 Å². The largest absolute Gasteiger partial charge is 0.368 e. The fourth-order valence-electron chi connectivity index (χ4n) is 2.45. The van der Waals surface area contributed by atoms with Gasteiger partial charge in [0.15, 0.2) is 0 Å². The van der Waals surface area contributed by atoms with Crippen LogP contribution in [-0.4, -0.2) is 47.5 Å². The zero-order chi connectivity index (χ0) is 15.9. The zero-order valence-electron chi connectivity index (χ0n) is 13.6. The van der Waals surface area contributed by atoms with Crippen molar-refractivity contribution >= 4 is 5.91 Å². The molecule has 1 heterocycles. The Morgan fingerprint density at radius 2 is 2.24 bits per heavy atom. The van der Waals surface area contributed by atoms with Crippen LogP contribution in [0.2, 0.25) is 0 Å². The van der Waals surface area contributed by atoms with E-state index < -0.39 is 5.54 Å². The number of nitrogens with zero attached hydrogens (tertiary/aromatic N) is 2. The van der Waals surface area contributed by atoms with Crippen LogP contribution < -0.4 is 11.1 Å². The molecule has 0 radical (unpaired) electrons. The van der Waals surface area contributed by atoms with E-state index in [1.807, 2.05) is 38.2 Å². The molecule has 0 saturated carbocycles. The molecule has 0 bridgehead atoms. The first-order valence-corrected chi connectivity index (χ1v) is 7.54. The highest BCUT2D eigenvalue weighted by atomic mass is 16.1. The van der Waals surface area contributed by atoms with Crippen LogP contribution in [0.5, 0.6) is 0 Å². The number of pyridine rings is 1. The molecule has 1 aromatic heterocycles. The van der Waals surface area contributed by atoms with Gasteiger partial charge in [0.2, 0.25) is 5.91 Å². The van der Waals surface area contributed by atoms with Crippen LogP contribution in [0.1, 0.15) is 32.9 Å². The summed E-state index contributed by atoms with van der Waals surface area (Å²) in [6.45, 7) is 7.61. The van der Waals surface area contributed by atoms with Crippen LogP contribution in [0, 0.1) is 0 Å². The smallest absolute Gasteiger partial charge is 0.237 e. The van der Waals surface area contributed by atoms with Crippen molar-refractivity contribution in [1.82, 2.24) is 15.2 Å². The highest BCUT2D eigenvalue weighted by Crippen LogP contribution is 2.15. The van der Waals surface area contributed by atoms with Crippen molar-refractivity contribution in [3.05, 3.63) is 30.1 Å². The number of hydrogen-bond donors (Lipinski definition) is 2. The molecule has 2 unspecified atom stereocenters. The van der Waals surface area contributed by atoms with Crippen LogP contribution in [0.3, 0.4) is 0 Å². The number of aromatic nitrogens is 1. The third-order valence-electron chi connectivity index (χ3n) is 4.01. The fraction of sp³-hybridized carbons (Fsp3) is 0.625. The SMILES string of the molecule is CCNC(C)(CC(C)N(C)CCc1ccccn1)C(N)=O. The normalized spacial score (nSPS) is 15.7. The second kappa shape index (κ2) is 8.10. The van der Waals surface area contributed by atoms with Crippen molar-refractivity contribution in [1.29, 1.82) is 0 Å². The first-order chi connectivity index (χ1) is 9.89. The third-order valence-corrected chi connectivity index (χ3v) is 4.01. The number of nitrogens with two attached hydrogens (primary N) is 1. The van der Waals surface area contributed by atoms with Crippen molar-refractivity contribution < 1.29 is 4.79 Å². The van der Waals surface area contributed by atoms with Gasteiger partial charge >= 0.3 is 0 Å². The third kappa shape index (κ3) is 5.44. The molecule has 21 heavy (non-hydrogen) atoms. The van der Waals surface area contributed by atoms with Gasteiger partial charge in [-0.3, -0.25) is 9.78 Å². The van der Waals surface area contributed by atoms with Gasteiger partial charge in [-0.1, -0.05) is 13.0 Å². The van der Waals surface area contributed by atoms with Crippen LogP contribution >= 0.6 is 0 Å². The molecule has 0 fully saturated rings. The fourth-order valence-corrected chi connectivity index (χ4v) is 2.45. The molecule has 5 nitrogen and oxygen atoms in total. The standard InChI is InChI=1S/C16H28N4O/c1-5-19-16(3,15(17)21)12-13(2)20(4)11-9-14-8-6-7-10-18-14/h6-8,10,13,19H,5,9,11-12H2,1-4H3,(H2,17,21). The Labute approximate surface area is 127 Å². The van der Waals surface area contributed by atoms with Crippen molar-refractivity contribution in [3.8, 4) is 0 Å². The first kappa shape index (κ1) is 17.6. The average Bonchev–Trinajstić information content (AvgIpc) is 2.45. The number of carbonyl (C=O) groups is 1. The molecule has 5 heteroatoms. The monoisotopic (exact) mass is 292 g/mol. The zero-order valence-corrected chi connectivity index (χ0v) is 13.6. The van der Waals surface area contributed by atoms with Crippen molar-refractivity contribution in [2.24, 2.45) is 5.73 Å². The predicted octanol–water partition coefficient (Wildman–Crippen LogP) is 1.19. The molecule has 1 aromatic rings. The van der Waals surface area contributed by atoms with Gasteiger partial charge in [-0.2, -0.15) is 0 Å². The van der Waals surface area contributed by atoms with Gasteiger partial charge in [0.05, 0.1) is 5.54 Å². The molecule has 3 N–H and O–H groups in total. The number of carbonyl (C=O) groups excluding carboxylic acids is 1. The molecule has 0 aliphatic rings. The maximum Gasteiger partial charge on any atom is 0.237 e. The van der Waals surface area contributed by atoms with Crippen LogP contribution in [0.15, 0.2) is 24.4 Å². The number of primary amides is 1. The summed E-state index contributed by atoms with van der Waals surface area (Å²) in [4.78, 5) is 18.3. The molecule has 1 rings (SSSR count). The van der Waals surface area contributed by atoms with Crippen molar-refractivity contribution in [3.63, 3.8) is 0 Å². The number of amides is 1. The number of nitrogens with one attached hydrogen (secondary N) is 1. The summed E-state index contributed by atoms with van der Waals surface area (Å²) >= 11 is 0. The van der Waals surface area contributed by atoms with Crippen molar-refractivity contribution in [2.45, 2.75) is 45.2 Å². The van der Waals surface area contributed by atoms with Gasteiger partial charge in [-0.15, -0.1) is 0 Å². The van der Waals surface area contributed by atoms with Gasteiger partial charge in [0, 0.05) is 30.9 Å². The van der Waals surface area contributed by atoms with Crippen molar-refractivity contribution in [2.75, 3.05) is 20.1 Å². The summed E-state index contributed by atoms with van der Waals surface area (Å²) in [5.74, 6) is -0.297. The summed E-state index contributed by atoms with van der Waals surface area (Å²) in [6.07, 6.45) is 3.40. The molecule has 0 aromatic carbocycles. The van der Waals surface area contributed by atoms with E-state index in [-0.39, 0.29) is 11.9 Å². The van der Waals surface area contributed by atoms with E-state index in [0.717, 1.165) is 25.2 Å². The van der Waals surface area contributed by atoms with Gasteiger partial charge < -0.3 is 16.0 Å².